The molecule has 0 radical (unpaired) electrons. The van der Waals surface area contributed by atoms with E-state index in [1.807, 2.05) is 6.08 Å². The third-order valence-electron chi connectivity index (χ3n) is 9.95. The highest BCUT2D eigenvalue weighted by atomic mass is 31.2. The lowest BCUT2D eigenvalue weighted by molar-refractivity contribution is -0.123. The number of carbonyl (C=O) groups excluding carboxylic acids is 1. The smallest absolute Gasteiger partial charge is 0.387 e. The van der Waals surface area contributed by atoms with Crippen LogP contribution in [0, 0.1) is 0 Å². The van der Waals surface area contributed by atoms with Crippen LogP contribution in [0.15, 0.2) is 36.5 Å². The van der Waals surface area contributed by atoms with Crippen LogP contribution in [0.5, 0.6) is 0 Å². The van der Waals surface area contributed by atoms with E-state index in [1.165, 1.54) is 148 Å². The fraction of sp³-hybridized carbons (Fsp3) is 0.844. The monoisotopic (exact) mass is 783 g/mol. The van der Waals surface area contributed by atoms with Gasteiger partial charge >= 0.3 is 7.82 Å². The second-order valence-electron chi connectivity index (χ2n) is 15.2. The van der Waals surface area contributed by atoms with Crippen molar-refractivity contribution < 1.29 is 28.4 Å². The molecule has 0 rings (SSSR count). The maximum atomic E-state index is 12.7. The molecule has 0 aliphatic rings. The molecular weight excluding hydrogens is 695 g/mol. The number of unbranched alkanes of at least 4 members (excludes halogenated alkanes) is 26. The summed E-state index contributed by atoms with van der Waals surface area (Å²) in [7, 11) is -4.35. The van der Waals surface area contributed by atoms with Gasteiger partial charge in [0, 0.05) is 13.0 Å². The summed E-state index contributed by atoms with van der Waals surface area (Å²) in [6, 6.07) is -0.880. The van der Waals surface area contributed by atoms with E-state index in [0.717, 1.165) is 44.9 Å². The summed E-state index contributed by atoms with van der Waals surface area (Å²) in [5, 5.41) is 13.7. The number of hydrogen-bond acceptors (Lipinski definition) is 6. The Labute approximate surface area is 333 Å². The minimum absolute atomic E-state index is 0.0727. The Morgan fingerprint density at radius 1 is 0.593 bits per heavy atom. The summed E-state index contributed by atoms with van der Waals surface area (Å²) >= 11 is 0. The highest BCUT2D eigenvalue weighted by Gasteiger charge is 2.26. The van der Waals surface area contributed by atoms with E-state index in [-0.39, 0.29) is 25.7 Å². The van der Waals surface area contributed by atoms with Crippen LogP contribution >= 0.6 is 7.82 Å². The molecule has 0 aliphatic carbocycles. The van der Waals surface area contributed by atoms with E-state index in [0.29, 0.717) is 6.42 Å². The molecule has 1 amide bonds. The Hall–Kier alpha value is -1.28. The standard InChI is InChI=1S/C45H87N2O6P/c1-3-5-7-9-11-13-15-17-19-20-21-22-23-24-25-26-28-30-32-34-36-38-44(48)43(42-53-54(50,51)52-41-40-46)47-45(49)39-37-35-33-31-29-27-18-16-14-12-10-8-6-4-2/h23-24,28,30,36,38,43-44,48H,3-22,25-27,29,31-35,37,39-42,46H2,1-2H3,(H,47,49)(H,50,51)/b24-23+,30-28+,38-36+. The molecule has 0 spiro atoms. The van der Waals surface area contributed by atoms with Gasteiger partial charge in [-0.15, -0.1) is 0 Å². The van der Waals surface area contributed by atoms with Gasteiger partial charge in [0.25, 0.3) is 0 Å². The van der Waals surface area contributed by atoms with Crippen LogP contribution in [0.3, 0.4) is 0 Å². The molecule has 318 valence electrons. The van der Waals surface area contributed by atoms with Crippen LogP contribution in [0.2, 0.25) is 0 Å². The van der Waals surface area contributed by atoms with E-state index in [4.69, 9.17) is 14.8 Å². The van der Waals surface area contributed by atoms with Crippen molar-refractivity contribution in [3.8, 4) is 0 Å². The molecule has 0 bridgehead atoms. The normalized spacial score (nSPS) is 14.4. The Kier molecular flexibility index (Phi) is 40.4. The SMILES string of the molecule is CCCCCCCCCCCCC/C=C/CC/C=C/CC/C=C/C(O)C(COP(=O)(O)OCCN)NC(=O)CCCCCCCCCCCCCCCC. The molecule has 54 heavy (non-hydrogen) atoms. The highest BCUT2D eigenvalue weighted by Crippen LogP contribution is 2.43. The van der Waals surface area contributed by atoms with Gasteiger partial charge in [-0.3, -0.25) is 13.8 Å². The predicted octanol–water partition coefficient (Wildman–Crippen LogP) is 12.7. The summed E-state index contributed by atoms with van der Waals surface area (Å²) in [5.41, 5.74) is 5.37. The maximum Gasteiger partial charge on any atom is 0.472 e. The number of nitrogens with two attached hydrogens (primary N) is 1. The summed E-state index contributed by atoms with van der Waals surface area (Å²) < 4.78 is 22.1. The van der Waals surface area contributed by atoms with Gasteiger partial charge in [-0.2, -0.15) is 0 Å². The lowest BCUT2D eigenvalue weighted by Crippen LogP contribution is -2.45. The fourth-order valence-electron chi connectivity index (χ4n) is 6.52. The number of allylic oxidation sites excluding steroid dienone is 5. The zero-order valence-electron chi connectivity index (χ0n) is 35.2. The third-order valence-corrected chi connectivity index (χ3v) is 10.9. The molecule has 0 aromatic heterocycles. The molecule has 3 atom stereocenters. The van der Waals surface area contributed by atoms with Gasteiger partial charge in [-0.25, -0.2) is 4.57 Å². The first-order valence-electron chi connectivity index (χ1n) is 22.6. The van der Waals surface area contributed by atoms with Crippen molar-refractivity contribution in [2.45, 2.75) is 225 Å². The van der Waals surface area contributed by atoms with Crippen LogP contribution in [0.4, 0.5) is 0 Å². The molecule has 0 heterocycles. The molecular formula is C45H87N2O6P. The number of phosphoric acid groups is 1. The number of rotatable bonds is 42. The van der Waals surface area contributed by atoms with E-state index in [1.54, 1.807) is 6.08 Å². The van der Waals surface area contributed by atoms with E-state index in [9.17, 15) is 19.4 Å². The number of hydrogen-bond donors (Lipinski definition) is 4. The van der Waals surface area contributed by atoms with Crippen LogP contribution < -0.4 is 11.1 Å². The maximum absolute atomic E-state index is 12.7. The zero-order valence-corrected chi connectivity index (χ0v) is 36.1. The van der Waals surface area contributed by atoms with Gasteiger partial charge in [0.1, 0.15) is 0 Å². The van der Waals surface area contributed by atoms with Crippen molar-refractivity contribution in [2.24, 2.45) is 5.73 Å². The number of nitrogens with one attached hydrogen (secondary N) is 1. The average Bonchev–Trinajstić information content (AvgIpc) is 3.16. The molecule has 0 aliphatic heterocycles. The van der Waals surface area contributed by atoms with Crippen LogP contribution in [0.1, 0.15) is 213 Å². The van der Waals surface area contributed by atoms with Gasteiger partial charge in [0.2, 0.25) is 5.91 Å². The lowest BCUT2D eigenvalue weighted by atomic mass is 10.0. The van der Waals surface area contributed by atoms with Gasteiger partial charge in [-0.05, 0) is 44.9 Å². The van der Waals surface area contributed by atoms with Crippen molar-refractivity contribution >= 4 is 13.7 Å². The molecule has 0 saturated carbocycles. The number of aliphatic hydroxyl groups excluding tert-OH is 1. The molecule has 3 unspecified atom stereocenters. The van der Waals surface area contributed by atoms with E-state index < -0.39 is 20.0 Å². The summed E-state index contributed by atoms with van der Waals surface area (Å²) in [4.78, 5) is 22.7. The van der Waals surface area contributed by atoms with Gasteiger partial charge in [0.05, 0.1) is 25.4 Å². The summed E-state index contributed by atoms with van der Waals surface area (Å²) in [6.07, 6.45) is 49.1. The molecule has 0 fully saturated rings. The first kappa shape index (κ1) is 52.7. The second kappa shape index (κ2) is 41.4. The van der Waals surface area contributed by atoms with E-state index >= 15 is 0 Å². The van der Waals surface area contributed by atoms with Crippen molar-refractivity contribution in [1.82, 2.24) is 5.32 Å². The Bertz CT molecular complexity index is 943. The summed E-state index contributed by atoms with van der Waals surface area (Å²) in [5.74, 6) is -0.207. The van der Waals surface area contributed by atoms with Crippen LogP contribution in [0.25, 0.3) is 0 Å². The molecule has 0 saturated heterocycles. The Morgan fingerprint density at radius 3 is 1.43 bits per heavy atom. The largest absolute Gasteiger partial charge is 0.472 e. The minimum Gasteiger partial charge on any atom is -0.387 e. The number of phosphoric ester groups is 1. The third kappa shape index (κ3) is 39.0. The van der Waals surface area contributed by atoms with Crippen molar-refractivity contribution in [3.05, 3.63) is 36.5 Å². The number of aliphatic hydroxyl groups is 1. The van der Waals surface area contributed by atoms with Gasteiger partial charge in [-0.1, -0.05) is 198 Å². The lowest BCUT2D eigenvalue weighted by Gasteiger charge is -2.23. The second-order valence-corrected chi connectivity index (χ2v) is 16.7. The molecule has 0 aromatic rings. The quantitative estimate of drug-likeness (QED) is 0.0275. The van der Waals surface area contributed by atoms with Gasteiger partial charge in [0.15, 0.2) is 0 Å². The van der Waals surface area contributed by atoms with Gasteiger partial charge < -0.3 is 21.1 Å². The van der Waals surface area contributed by atoms with Crippen molar-refractivity contribution in [3.63, 3.8) is 0 Å². The zero-order chi connectivity index (χ0) is 39.6. The number of carbonyl (C=O) groups is 1. The molecule has 8 nitrogen and oxygen atoms in total. The van der Waals surface area contributed by atoms with E-state index in [2.05, 4.69) is 43.5 Å². The van der Waals surface area contributed by atoms with Crippen molar-refractivity contribution in [2.75, 3.05) is 19.8 Å². The summed E-state index contributed by atoms with van der Waals surface area (Å²) in [6.45, 7) is 4.11. The predicted molar refractivity (Wildman–Crippen MR) is 231 cm³/mol. The topological polar surface area (TPSA) is 131 Å². The highest BCUT2D eigenvalue weighted by molar-refractivity contribution is 7.47. The van der Waals surface area contributed by atoms with Crippen molar-refractivity contribution in [1.29, 1.82) is 0 Å². The fourth-order valence-corrected chi connectivity index (χ4v) is 7.28. The van der Waals surface area contributed by atoms with Crippen LogP contribution in [-0.4, -0.2) is 47.8 Å². The average molecular weight is 783 g/mol. The number of amides is 1. The minimum atomic E-state index is -4.35. The Morgan fingerprint density at radius 2 is 0.981 bits per heavy atom. The van der Waals surface area contributed by atoms with Crippen LogP contribution in [-0.2, 0) is 18.4 Å². The molecule has 0 aromatic carbocycles. The molecule has 9 heteroatoms. The molecule has 5 N–H and O–H groups in total. The first-order valence-corrected chi connectivity index (χ1v) is 24.1. The Balaban J connectivity index is 4.25. The first-order chi connectivity index (χ1) is 26.4.